The predicted octanol–water partition coefficient (Wildman–Crippen LogP) is 3.06. The highest BCUT2D eigenvalue weighted by atomic mass is 32.2. The van der Waals surface area contributed by atoms with Crippen molar-refractivity contribution in [1.29, 1.82) is 0 Å². The van der Waals surface area contributed by atoms with Crippen LogP contribution in [0, 0.1) is 11.8 Å². The molecule has 0 aliphatic carbocycles. The van der Waals surface area contributed by atoms with Gasteiger partial charge in [0, 0.05) is 31.6 Å². The van der Waals surface area contributed by atoms with Crippen LogP contribution in [0.25, 0.3) is 0 Å². The summed E-state index contributed by atoms with van der Waals surface area (Å²) in [4.78, 5) is 1.19. The standard InChI is InChI=1S/C16H26N2O2S2/c1-13-9-14(2)11-18(10-13)22(19,20)17(3)12-15-5-7-16(21-4)8-6-15/h5-8,13-14H,9-12H2,1-4H3. The fraction of sp³-hybridized carbons (Fsp3) is 0.625. The molecule has 6 heteroatoms. The van der Waals surface area contributed by atoms with Crippen LogP contribution < -0.4 is 0 Å². The molecule has 0 saturated carbocycles. The third-order valence-corrected chi connectivity index (χ3v) is 6.73. The molecular weight excluding hydrogens is 316 g/mol. The van der Waals surface area contributed by atoms with Gasteiger partial charge in [0.2, 0.25) is 0 Å². The van der Waals surface area contributed by atoms with E-state index in [2.05, 4.69) is 13.8 Å². The molecule has 2 unspecified atom stereocenters. The smallest absolute Gasteiger partial charge is 0.195 e. The molecule has 4 nitrogen and oxygen atoms in total. The van der Waals surface area contributed by atoms with Gasteiger partial charge in [-0.1, -0.05) is 26.0 Å². The van der Waals surface area contributed by atoms with Gasteiger partial charge in [0.1, 0.15) is 0 Å². The Labute approximate surface area is 139 Å². The Bertz CT molecular complexity index is 577. The quantitative estimate of drug-likeness (QED) is 0.772. The van der Waals surface area contributed by atoms with Crippen molar-refractivity contribution in [2.45, 2.75) is 31.7 Å². The van der Waals surface area contributed by atoms with Crippen molar-refractivity contribution < 1.29 is 8.42 Å². The number of hydrogen-bond donors (Lipinski definition) is 0. The Balaban J connectivity index is 2.07. The molecule has 1 saturated heterocycles. The van der Waals surface area contributed by atoms with Gasteiger partial charge >= 0.3 is 0 Å². The molecule has 0 aromatic heterocycles. The molecule has 1 heterocycles. The van der Waals surface area contributed by atoms with E-state index in [9.17, 15) is 8.42 Å². The minimum atomic E-state index is -3.38. The summed E-state index contributed by atoms with van der Waals surface area (Å²) >= 11 is 1.69. The summed E-state index contributed by atoms with van der Waals surface area (Å²) < 4.78 is 28.6. The van der Waals surface area contributed by atoms with E-state index in [1.165, 1.54) is 9.20 Å². The van der Waals surface area contributed by atoms with Gasteiger partial charge in [-0.25, -0.2) is 0 Å². The van der Waals surface area contributed by atoms with E-state index in [0.717, 1.165) is 12.0 Å². The summed E-state index contributed by atoms with van der Waals surface area (Å²) in [5.74, 6) is 0.848. The van der Waals surface area contributed by atoms with Crippen LogP contribution in [-0.4, -0.2) is 43.4 Å². The average Bonchev–Trinajstić information content (AvgIpc) is 2.47. The molecule has 1 fully saturated rings. The number of hydrogen-bond acceptors (Lipinski definition) is 3. The van der Waals surface area contributed by atoms with E-state index in [0.29, 0.717) is 31.5 Å². The zero-order valence-corrected chi connectivity index (χ0v) is 15.5. The molecule has 1 aliphatic heterocycles. The summed E-state index contributed by atoms with van der Waals surface area (Å²) in [6, 6.07) is 8.07. The van der Waals surface area contributed by atoms with Crippen LogP contribution >= 0.6 is 11.8 Å². The maximum Gasteiger partial charge on any atom is 0.282 e. The molecule has 0 spiro atoms. The van der Waals surface area contributed by atoms with Gasteiger partial charge in [-0.3, -0.25) is 0 Å². The maximum absolute atomic E-state index is 12.8. The second-order valence-corrected chi connectivity index (χ2v) is 9.29. The molecule has 0 radical (unpaired) electrons. The van der Waals surface area contributed by atoms with Gasteiger partial charge < -0.3 is 0 Å². The van der Waals surface area contributed by atoms with E-state index < -0.39 is 10.2 Å². The van der Waals surface area contributed by atoms with Gasteiger partial charge in [-0.05, 0) is 42.2 Å². The third-order valence-electron chi connectivity index (χ3n) is 4.12. The lowest BCUT2D eigenvalue weighted by Gasteiger charge is -2.36. The Morgan fingerprint density at radius 3 is 2.23 bits per heavy atom. The third kappa shape index (κ3) is 4.25. The number of piperidine rings is 1. The van der Waals surface area contributed by atoms with Crippen molar-refractivity contribution in [2.24, 2.45) is 11.8 Å². The van der Waals surface area contributed by atoms with Crippen molar-refractivity contribution in [2.75, 3.05) is 26.4 Å². The predicted molar refractivity (Wildman–Crippen MR) is 93.1 cm³/mol. The van der Waals surface area contributed by atoms with E-state index in [-0.39, 0.29) is 0 Å². The highest BCUT2D eigenvalue weighted by Gasteiger charge is 2.33. The summed E-state index contributed by atoms with van der Waals surface area (Å²) in [5.41, 5.74) is 1.02. The van der Waals surface area contributed by atoms with E-state index in [4.69, 9.17) is 0 Å². The molecule has 2 rings (SSSR count). The first-order chi connectivity index (χ1) is 10.3. The minimum absolute atomic E-state index is 0.413. The zero-order chi connectivity index (χ0) is 16.3. The fourth-order valence-corrected chi connectivity index (χ4v) is 5.06. The topological polar surface area (TPSA) is 40.6 Å². The first-order valence-electron chi connectivity index (χ1n) is 7.67. The molecule has 1 aliphatic rings. The highest BCUT2D eigenvalue weighted by Crippen LogP contribution is 2.25. The van der Waals surface area contributed by atoms with Crippen LogP contribution in [0.1, 0.15) is 25.8 Å². The van der Waals surface area contributed by atoms with Gasteiger partial charge in [-0.15, -0.1) is 11.8 Å². The maximum atomic E-state index is 12.8. The second-order valence-electron chi connectivity index (χ2n) is 6.37. The van der Waals surface area contributed by atoms with E-state index in [1.54, 1.807) is 23.1 Å². The molecule has 0 amide bonds. The van der Waals surface area contributed by atoms with Crippen LogP contribution in [0.15, 0.2) is 29.2 Å². The van der Waals surface area contributed by atoms with Gasteiger partial charge in [0.15, 0.2) is 0 Å². The lowest BCUT2D eigenvalue weighted by molar-refractivity contribution is 0.211. The lowest BCUT2D eigenvalue weighted by atomic mass is 9.94. The van der Waals surface area contributed by atoms with Crippen molar-refractivity contribution >= 4 is 22.0 Å². The van der Waals surface area contributed by atoms with Crippen molar-refractivity contribution in [3.63, 3.8) is 0 Å². The highest BCUT2D eigenvalue weighted by molar-refractivity contribution is 7.98. The molecule has 0 N–H and O–H groups in total. The normalized spacial score (nSPS) is 23.9. The van der Waals surface area contributed by atoms with Gasteiger partial charge in [0.05, 0.1) is 0 Å². The molecule has 22 heavy (non-hydrogen) atoms. The van der Waals surface area contributed by atoms with E-state index >= 15 is 0 Å². The Hall–Kier alpha value is -0.560. The fourth-order valence-electron chi connectivity index (χ4n) is 3.06. The number of rotatable bonds is 5. The number of nitrogens with zero attached hydrogens (tertiary/aromatic N) is 2. The Kier molecular flexibility index (Phi) is 5.94. The zero-order valence-electron chi connectivity index (χ0n) is 13.8. The van der Waals surface area contributed by atoms with Gasteiger partial charge in [0.25, 0.3) is 10.2 Å². The summed E-state index contributed by atoms with van der Waals surface area (Å²) in [6.07, 6.45) is 3.14. The van der Waals surface area contributed by atoms with Gasteiger partial charge in [-0.2, -0.15) is 17.0 Å². The minimum Gasteiger partial charge on any atom is -0.195 e. The number of benzene rings is 1. The van der Waals surface area contributed by atoms with Crippen molar-refractivity contribution in [3.05, 3.63) is 29.8 Å². The van der Waals surface area contributed by atoms with Crippen LogP contribution in [-0.2, 0) is 16.8 Å². The first kappa shape index (κ1) is 17.8. The van der Waals surface area contributed by atoms with Crippen molar-refractivity contribution in [1.82, 2.24) is 8.61 Å². The van der Waals surface area contributed by atoms with Crippen LogP contribution in [0.2, 0.25) is 0 Å². The lowest BCUT2D eigenvalue weighted by Crippen LogP contribution is -2.48. The Morgan fingerprint density at radius 2 is 1.73 bits per heavy atom. The molecular formula is C16H26N2O2S2. The number of thioether (sulfide) groups is 1. The molecule has 1 aromatic carbocycles. The first-order valence-corrected chi connectivity index (χ1v) is 10.3. The summed E-state index contributed by atoms with van der Waals surface area (Å²) in [5, 5.41) is 0. The van der Waals surface area contributed by atoms with Crippen LogP contribution in [0.3, 0.4) is 0 Å². The Morgan fingerprint density at radius 1 is 1.18 bits per heavy atom. The second kappa shape index (κ2) is 7.34. The largest absolute Gasteiger partial charge is 0.282 e. The molecule has 1 aromatic rings. The van der Waals surface area contributed by atoms with Crippen LogP contribution in [0.4, 0.5) is 0 Å². The van der Waals surface area contributed by atoms with E-state index in [1.807, 2.05) is 30.5 Å². The molecule has 124 valence electrons. The summed E-state index contributed by atoms with van der Waals surface area (Å²) in [6.45, 7) is 5.92. The average molecular weight is 343 g/mol. The monoisotopic (exact) mass is 342 g/mol. The SMILES string of the molecule is CSc1ccc(CN(C)S(=O)(=O)N2CC(C)CC(C)C2)cc1. The van der Waals surface area contributed by atoms with Crippen molar-refractivity contribution in [3.8, 4) is 0 Å². The summed E-state index contributed by atoms with van der Waals surface area (Å²) in [7, 11) is -1.71. The molecule has 0 bridgehead atoms. The molecule has 2 atom stereocenters. The van der Waals surface area contributed by atoms with Crippen LogP contribution in [0.5, 0.6) is 0 Å².